The van der Waals surface area contributed by atoms with Crippen LogP contribution in [-0.4, -0.2) is 12.6 Å². The smallest absolute Gasteiger partial charge is 0.305 e. The predicted molar refractivity (Wildman–Crippen MR) is 276 cm³/mol. The monoisotopic (exact) mass is 859 g/mol. The van der Waals surface area contributed by atoms with Crippen LogP contribution in [-0.2, 0) is 9.53 Å². The molecule has 0 heterocycles. The van der Waals surface area contributed by atoms with Gasteiger partial charge >= 0.3 is 5.97 Å². The van der Waals surface area contributed by atoms with Crippen LogP contribution in [0.5, 0.6) is 0 Å². The largest absolute Gasteiger partial charge is 0.466 e. The molecule has 0 unspecified atom stereocenters. The van der Waals surface area contributed by atoms with Crippen LogP contribution in [0.1, 0.15) is 367 Å². The molecule has 0 amide bonds. The van der Waals surface area contributed by atoms with Crippen molar-refractivity contribution in [3.63, 3.8) is 0 Å². The molecule has 366 valence electrons. The Balaban J connectivity index is 3.14. The zero-order valence-electron chi connectivity index (χ0n) is 42.9. The molecule has 0 fully saturated rings. The van der Waals surface area contributed by atoms with Crippen LogP contribution in [0.2, 0.25) is 0 Å². The maximum atomic E-state index is 12.1. The second-order valence-electron chi connectivity index (χ2n) is 20.4. The molecule has 0 aromatic heterocycles. The van der Waals surface area contributed by atoms with Crippen molar-refractivity contribution in [2.45, 2.75) is 367 Å². The quantitative estimate of drug-likeness (QED) is 0.0450. The van der Waals surface area contributed by atoms with Gasteiger partial charge in [0.2, 0.25) is 0 Å². The van der Waals surface area contributed by atoms with E-state index in [4.69, 9.17) is 4.74 Å². The average Bonchev–Trinajstić information content (AvgIpc) is 3.27. The summed E-state index contributed by atoms with van der Waals surface area (Å²) in [7, 11) is 0. The van der Waals surface area contributed by atoms with E-state index in [2.05, 4.69) is 13.8 Å². The van der Waals surface area contributed by atoms with Crippen molar-refractivity contribution in [3.05, 3.63) is 0 Å². The molecule has 0 radical (unpaired) electrons. The van der Waals surface area contributed by atoms with Gasteiger partial charge in [-0.05, 0) is 12.8 Å². The Morgan fingerprint density at radius 3 is 0.541 bits per heavy atom. The first-order valence-corrected chi connectivity index (χ1v) is 29.5. The normalized spacial score (nSPS) is 11.6. The third-order valence-electron chi connectivity index (χ3n) is 14.0. The second-order valence-corrected chi connectivity index (χ2v) is 20.4. The zero-order chi connectivity index (χ0) is 43.9. The molecular formula is C59H118O2. The molecule has 0 aliphatic heterocycles. The number of unbranched alkanes of at least 4 members (excludes halogenated alkanes) is 52. The summed E-state index contributed by atoms with van der Waals surface area (Å²) in [6.45, 7) is 5.25. The fourth-order valence-electron chi connectivity index (χ4n) is 9.61. The van der Waals surface area contributed by atoms with Crippen molar-refractivity contribution in [2.75, 3.05) is 6.61 Å². The molecule has 0 spiro atoms. The number of carbonyl (C=O) groups is 1. The standard InChI is InChI=1S/C59H118O2/c1-3-5-7-9-11-13-15-17-19-21-23-25-27-28-29-30-31-32-33-34-35-36-37-39-41-43-45-47-49-51-53-55-57-59(60)61-58-56-54-52-50-48-46-44-42-40-38-26-24-22-20-18-16-14-12-10-8-6-4-2/h3-58H2,1-2H3. The number of hydrogen-bond donors (Lipinski definition) is 0. The molecule has 2 heteroatoms. The lowest BCUT2D eigenvalue weighted by Gasteiger charge is -2.06. The molecule has 0 aromatic carbocycles. The van der Waals surface area contributed by atoms with Crippen LogP contribution in [0.25, 0.3) is 0 Å². The molecular weight excluding hydrogens is 741 g/mol. The van der Waals surface area contributed by atoms with Crippen molar-refractivity contribution in [1.29, 1.82) is 0 Å². The van der Waals surface area contributed by atoms with Gasteiger partial charge in [-0.25, -0.2) is 0 Å². The number of carbonyl (C=O) groups excluding carboxylic acids is 1. The molecule has 0 saturated heterocycles. The van der Waals surface area contributed by atoms with Crippen molar-refractivity contribution >= 4 is 5.97 Å². The van der Waals surface area contributed by atoms with Crippen molar-refractivity contribution in [1.82, 2.24) is 0 Å². The Kier molecular flexibility index (Phi) is 57.0. The van der Waals surface area contributed by atoms with E-state index in [1.54, 1.807) is 0 Å². The Labute approximate surface area is 387 Å². The van der Waals surface area contributed by atoms with E-state index in [1.165, 1.54) is 334 Å². The molecule has 0 atom stereocenters. The van der Waals surface area contributed by atoms with E-state index >= 15 is 0 Å². The average molecular weight is 860 g/mol. The van der Waals surface area contributed by atoms with E-state index in [0.717, 1.165) is 12.8 Å². The summed E-state index contributed by atoms with van der Waals surface area (Å²) in [6, 6.07) is 0. The second kappa shape index (κ2) is 57.5. The zero-order valence-corrected chi connectivity index (χ0v) is 42.9. The van der Waals surface area contributed by atoms with Gasteiger partial charge in [-0.1, -0.05) is 348 Å². The van der Waals surface area contributed by atoms with E-state index in [0.29, 0.717) is 13.0 Å². The molecule has 0 bridgehead atoms. The third-order valence-corrected chi connectivity index (χ3v) is 14.0. The fourth-order valence-corrected chi connectivity index (χ4v) is 9.61. The summed E-state index contributed by atoms with van der Waals surface area (Å²) >= 11 is 0. The summed E-state index contributed by atoms with van der Waals surface area (Å²) in [5, 5.41) is 0. The van der Waals surface area contributed by atoms with Crippen LogP contribution < -0.4 is 0 Å². The van der Waals surface area contributed by atoms with Crippen LogP contribution >= 0.6 is 0 Å². The highest BCUT2D eigenvalue weighted by molar-refractivity contribution is 5.69. The molecule has 0 saturated carbocycles. The van der Waals surface area contributed by atoms with Crippen LogP contribution in [0.3, 0.4) is 0 Å². The van der Waals surface area contributed by atoms with Gasteiger partial charge < -0.3 is 4.74 Å². The first kappa shape index (κ1) is 60.5. The van der Waals surface area contributed by atoms with Gasteiger partial charge in [-0.2, -0.15) is 0 Å². The van der Waals surface area contributed by atoms with Crippen LogP contribution in [0, 0.1) is 0 Å². The van der Waals surface area contributed by atoms with Crippen molar-refractivity contribution in [3.8, 4) is 0 Å². The lowest BCUT2D eigenvalue weighted by atomic mass is 10.0. The first-order chi connectivity index (χ1) is 30.3. The SMILES string of the molecule is CCCCCCCCCCCCCCCCCCCCCCCCCCCCCCCCCCC(=O)OCCCCCCCCCCCCCCCCCCCCCCCC. The first-order valence-electron chi connectivity index (χ1n) is 29.5. The molecule has 0 aliphatic rings. The van der Waals surface area contributed by atoms with E-state index in [1.807, 2.05) is 0 Å². The number of esters is 1. The number of rotatable bonds is 56. The number of ether oxygens (including phenoxy) is 1. The Bertz CT molecular complexity index is 762. The van der Waals surface area contributed by atoms with Gasteiger partial charge in [0.1, 0.15) is 0 Å². The van der Waals surface area contributed by atoms with Gasteiger partial charge in [0.05, 0.1) is 6.61 Å². The Morgan fingerprint density at radius 2 is 0.361 bits per heavy atom. The van der Waals surface area contributed by atoms with E-state index < -0.39 is 0 Å². The highest BCUT2D eigenvalue weighted by Crippen LogP contribution is 2.19. The van der Waals surface area contributed by atoms with Crippen LogP contribution in [0.15, 0.2) is 0 Å². The van der Waals surface area contributed by atoms with Crippen molar-refractivity contribution < 1.29 is 9.53 Å². The maximum absolute atomic E-state index is 12.1. The highest BCUT2D eigenvalue weighted by Gasteiger charge is 2.03. The van der Waals surface area contributed by atoms with Gasteiger partial charge in [-0.3, -0.25) is 4.79 Å². The summed E-state index contributed by atoms with van der Waals surface area (Å²) < 4.78 is 5.51. The summed E-state index contributed by atoms with van der Waals surface area (Å²) in [5.74, 6) is 0.0362. The van der Waals surface area contributed by atoms with Gasteiger partial charge in [0.15, 0.2) is 0 Å². The molecule has 2 nitrogen and oxygen atoms in total. The summed E-state index contributed by atoms with van der Waals surface area (Å²) in [5.41, 5.74) is 0. The topological polar surface area (TPSA) is 26.3 Å². The Morgan fingerprint density at radius 1 is 0.213 bits per heavy atom. The van der Waals surface area contributed by atoms with Crippen LogP contribution in [0.4, 0.5) is 0 Å². The van der Waals surface area contributed by atoms with E-state index in [9.17, 15) is 4.79 Å². The van der Waals surface area contributed by atoms with E-state index in [-0.39, 0.29) is 5.97 Å². The maximum Gasteiger partial charge on any atom is 0.305 e. The number of hydrogen-bond acceptors (Lipinski definition) is 2. The van der Waals surface area contributed by atoms with Crippen molar-refractivity contribution in [2.24, 2.45) is 0 Å². The lowest BCUT2D eigenvalue weighted by Crippen LogP contribution is -2.05. The minimum absolute atomic E-state index is 0.0362. The molecule has 0 aliphatic carbocycles. The Hall–Kier alpha value is -0.530. The van der Waals surface area contributed by atoms with Gasteiger partial charge in [0.25, 0.3) is 0 Å². The predicted octanol–water partition coefficient (Wildman–Crippen LogP) is 22.0. The molecule has 0 N–H and O–H groups in total. The highest BCUT2D eigenvalue weighted by atomic mass is 16.5. The minimum Gasteiger partial charge on any atom is -0.466 e. The minimum atomic E-state index is 0.0362. The third kappa shape index (κ3) is 57.5. The van der Waals surface area contributed by atoms with Gasteiger partial charge in [-0.15, -0.1) is 0 Å². The summed E-state index contributed by atoms with van der Waals surface area (Å²) in [4.78, 5) is 12.1. The molecule has 0 rings (SSSR count). The summed E-state index contributed by atoms with van der Waals surface area (Å²) in [6.07, 6.45) is 77.3. The van der Waals surface area contributed by atoms with Gasteiger partial charge in [0, 0.05) is 6.42 Å². The fraction of sp³-hybridized carbons (Fsp3) is 0.983. The molecule has 61 heavy (non-hydrogen) atoms. The molecule has 0 aromatic rings. The lowest BCUT2D eigenvalue weighted by molar-refractivity contribution is -0.143.